The highest BCUT2D eigenvalue weighted by atomic mass is 31.2. The second-order valence-corrected chi connectivity index (χ2v) is 9.28. The molecular formula is C23H26NO3P. The maximum absolute atomic E-state index is 13.6. The van der Waals surface area contributed by atoms with Crippen molar-refractivity contribution in [2.75, 3.05) is 14.2 Å². The average Bonchev–Trinajstić information content (AvgIpc) is 3.09. The van der Waals surface area contributed by atoms with Crippen LogP contribution in [0.25, 0.3) is 5.69 Å². The van der Waals surface area contributed by atoms with Crippen LogP contribution in [0.4, 0.5) is 0 Å². The minimum absolute atomic E-state index is 0.698. The van der Waals surface area contributed by atoms with Crippen molar-refractivity contribution in [3.05, 3.63) is 83.0 Å². The van der Waals surface area contributed by atoms with Crippen LogP contribution < -0.4 is 5.44 Å². The lowest BCUT2D eigenvalue weighted by Crippen LogP contribution is -2.23. The molecule has 0 aliphatic heterocycles. The van der Waals surface area contributed by atoms with Crippen LogP contribution in [-0.4, -0.2) is 18.8 Å². The van der Waals surface area contributed by atoms with Gasteiger partial charge < -0.3 is 13.6 Å². The summed E-state index contributed by atoms with van der Waals surface area (Å²) in [5, 5.41) is 0. The van der Waals surface area contributed by atoms with Gasteiger partial charge in [-0.3, -0.25) is 4.57 Å². The summed E-state index contributed by atoms with van der Waals surface area (Å²) in [7, 11) is -0.476. The summed E-state index contributed by atoms with van der Waals surface area (Å²) in [5.74, 6) is 0. The maximum atomic E-state index is 13.6. The molecule has 1 aliphatic carbocycles. The van der Waals surface area contributed by atoms with E-state index in [1.807, 2.05) is 24.3 Å². The summed E-state index contributed by atoms with van der Waals surface area (Å²) in [6.07, 6.45) is 4.93. The molecule has 0 atom stereocenters. The second kappa shape index (κ2) is 8.08. The lowest BCUT2D eigenvalue weighted by atomic mass is 9.92. The van der Waals surface area contributed by atoms with Crippen molar-refractivity contribution in [1.82, 2.24) is 4.57 Å². The molecule has 4 rings (SSSR count). The molecule has 0 unspecified atom stereocenters. The van der Waals surface area contributed by atoms with Gasteiger partial charge in [0.15, 0.2) is 0 Å². The van der Waals surface area contributed by atoms with E-state index < -0.39 is 7.60 Å². The third kappa shape index (κ3) is 3.37. The number of para-hydroxylation sites is 1. The third-order valence-electron chi connectivity index (χ3n) is 5.54. The van der Waals surface area contributed by atoms with Gasteiger partial charge in [0.2, 0.25) is 0 Å². The predicted octanol–water partition coefficient (Wildman–Crippen LogP) is 5.06. The van der Waals surface area contributed by atoms with Crippen molar-refractivity contribution in [2.45, 2.75) is 32.1 Å². The normalized spacial score (nSPS) is 14.1. The van der Waals surface area contributed by atoms with Gasteiger partial charge in [-0.05, 0) is 54.5 Å². The number of fused-ring (bicyclic) bond motifs is 1. The molecule has 0 amide bonds. The molecule has 28 heavy (non-hydrogen) atoms. The Bertz CT molecular complexity index is 988. The fraction of sp³-hybridized carbons (Fsp3) is 0.304. The Kier molecular flexibility index (Phi) is 5.54. The Hall–Kier alpha value is -2.13. The van der Waals surface area contributed by atoms with Crippen molar-refractivity contribution in [2.24, 2.45) is 0 Å². The summed E-state index contributed by atoms with van der Waals surface area (Å²) >= 11 is 0. The number of benzene rings is 2. The van der Waals surface area contributed by atoms with Crippen LogP contribution in [0, 0.1) is 0 Å². The van der Waals surface area contributed by atoms with E-state index in [-0.39, 0.29) is 0 Å². The lowest BCUT2D eigenvalue weighted by molar-refractivity contribution is 0.286. The molecule has 5 heteroatoms. The Labute approximate surface area is 166 Å². The van der Waals surface area contributed by atoms with Crippen LogP contribution in [-0.2, 0) is 32.9 Å². The molecule has 1 aliphatic rings. The third-order valence-corrected chi connectivity index (χ3v) is 7.49. The van der Waals surface area contributed by atoms with E-state index in [2.05, 4.69) is 41.0 Å². The Morgan fingerprint density at radius 3 is 2.04 bits per heavy atom. The van der Waals surface area contributed by atoms with Crippen molar-refractivity contribution in [3.63, 3.8) is 0 Å². The highest BCUT2D eigenvalue weighted by molar-refractivity contribution is 7.62. The van der Waals surface area contributed by atoms with Gasteiger partial charge in [0.05, 0.1) is 0 Å². The van der Waals surface area contributed by atoms with Crippen LogP contribution in [0.15, 0.2) is 60.7 Å². The summed E-state index contributed by atoms with van der Waals surface area (Å²) < 4.78 is 26.7. The van der Waals surface area contributed by atoms with Gasteiger partial charge >= 0.3 is 7.60 Å². The van der Waals surface area contributed by atoms with Gasteiger partial charge in [-0.1, -0.05) is 48.5 Å². The molecule has 0 fully saturated rings. The molecule has 1 aromatic heterocycles. The average molecular weight is 395 g/mol. The fourth-order valence-electron chi connectivity index (χ4n) is 4.23. The van der Waals surface area contributed by atoms with Gasteiger partial charge in [0.1, 0.15) is 5.44 Å². The Balaban J connectivity index is 2.01. The first-order chi connectivity index (χ1) is 13.7. The number of nitrogens with zero attached hydrogens (tertiary/aromatic N) is 1. The Morgan fingerprint density at radius 2 is 1.43 bits per heavy atom. The number of rotatable bonds is 6. The highest BCUT2D eigenvalue weighted by Gasteiger charge is 2.37. The first-order valence-corrected chi connectivity index (χ1v) is 11.3. The largest absolute Gasteiger partial charge is 0.377 e. The van der Waals surface area contributed by atoms with E-state index in [4.69, 9.17) is 9.05 Å². The minimum Gasteiger partial charge on any atom is -0.308 e. The van der Waals surface area contributed by atoms with E-state index in [0.29, 0.717) is 5.44 Å². The molecule has 0 radical (unpaired) electrons. The van der Waals surface area contributed by atoms with Crippen molar-refractivity contribution < 1.29 is 13.6 Å². The molecule has 146 valence electrons. The van der Waals surface area contributed by atoms with Gasteiger partial charge in [0.25, 0.3) is 0 Å². The van der Waals surface area contributed by atoms with Crippen molar-refractivity contribution in [3.8, 4) is 5.69 Å². The summed E-state index contributed by atoms with van der Waals surface area (Å²) in [6, 6.07) is 20.6. The molecule has 0 saturated heterocycles. The molecule has 0 N–H and O–H groups in total. The first-order valence-electron chi connectivity index (χ1n) is 9.74. The first kappa shape index (κ1) is 19.2. The lowest BCUT2D eigenvalue weighted by Gasteiger charge is -2.20. The van der Waals surface area contributed by atoms with E-state index in [1.165, 1.54) is 31.0 Å². The highest BCUT2D eigenvalue weighted by Crippen LogP contribution is 2.49. The van der Waals surface area contributed by atoms with E-state index in [9.17, 15) is 4.57 Å². The second-order valence-electron chi connectivity index (χ2n) is 7.13. The van der Waals surface area contributed by atoms with Crippen LogP contribution in [0.3, 0.4) is 0 Å². The molecule has 0 spiro atoms. The van der Waals surface area contributed by atoms with Gasteiger partial charge in [0, 0.05) is 32.0 Å². The zero-order chi connectivity index (χ0) is 19.6. The minimum atomic E-state index is -3.42. The van der Waals surface area contributed by atoms with Gasteiger partial charge in [-0.2, -0.15) is 0 Å². The molecule has 2 aromatic carbocycles. The smallest absolute Gasteiger partial charge is 0.308 e. The number of hydrogen-bond donors (Lipinski definition) is 0. The SMILES string of the molecule is COP(=O)(OC)c1c2c(c(Cc3ccccc3)n1-c1ccccc1)CCCC2. The predicted molar refractivity (Wildman–Crippen MR) is 113 cm³/mol. The molecule has 4 nitrogen and oxygen atoms in total. The van der Waals surface area contributed by atoms with Gasteiger partial charge in [-0.15, -0.1) is 0 Å². The van der Waals surface area contributed by atoms with Gasteiger partial charge in [-0.25, -0.2) is 0 Å². The van der Waals surface area contributed by atoms with E-state index in [0.717, 1.165) is 43.4 Å². The zero-order valence-electron chi connectivity index (χ0n) is 16.4. The maximum Gasteiger partial charge on any atom is 0.377 e. The van der Waals surface area contributed by atoms with Crippen LogP contribution in [0.5, 0.6) is 0 Å². The molecule has 3 aromatic rings. The van der Waals surface area contributed by atoms with Crippen molar-refractivity contribution in [1.29, 1.82) is 0 Å². The van der Waals surface area contributed by atoms with E-state index >= 15 is 0 Å². The topological polar surface area (TPSA) is 40.5 Å². The van der Waals surface area contributed by atoms with Crippen LogP contribution in [0.2, 0.25) is 0 Å². The van der Waals surface area contributed by atoms with E-state index in [1.54, 1.807) is 0 Å². The quantitative estimate of drug-likeness (QED) is 0.548. The Morgan fingerprint density at radius 1 is 0.857 bits per heavy atom. The molecular weight excluding hydrogens is 369 g/mol. The number of hydrogen-bond acceptors (Lipinski definition) is 3. The fourth-order valence-corrected chi connectivity index (χ4v) is 5.79. The molecule has 1 heterocycles. The van der Waals surface area contributed by atoms with Crippen LogP contribution >= 0.6 is 7.60 Å². The zero-order valence-corrected chi connectivity index (χ0v) is 17.3. The van der Waals surface area contributed by atoms with Crippen molar-refractivity contribution >= 4 is 13.0 Å². The monoisotopic (exact) mass is 395 g/mol. The number of aromatic nitrogens is 1. The van der Waals surface area contributed by atoms with Crippen LogP contribution in [0.1, 0.15) is 35.2 Å². The standard InChI is InChI=1S/C23H26NO3P/c1-26-28(25,27-2)23-21-16-10-9-15-20(21)22(17-18-11-5-3-6-12-18)24(23)19-13-7-4-8-14-19/h3-8,11-14H,9-10,15-17H2,1-2H3. The summed E-state index contributed by atoms with van der Waals surface area (Å²) in [4.78, 5) is 0. The summed E-state index contributed by atoms with van der Waals surface area (Å²) in [6.45, 7) is 0. The molecule has 0 bridgehead atoms. The molecule has 0 saturated carbocycles. The summed E-state index contributed by atoms with van der Waals surface area (Å²) in [5.41, 5.74) is 6.58.